The van der Waals surface area contributed by atoms with Crippen molar-refractivity contribution in [1.29, 1.82) is 0 Å². The van der Waals surface area contributed by atoms with E-state index in [0.29, 0.717) is 6.04 Å². The normalized spacial score (nSPS) is 13.3. The highest BCUT2D eigenvalue weighted by Gasteiger charge is 2.02. The van der Waals surface area contributed by atoms with Gasteiger partial charge in [0.25, 0.3) is 0 Å². The highest BCUT2D eigenvalue weighted by Crippen LogP contribution is 2.05. The SMILES string of the molecule is CC(C)CCC(C)NCCn1ccnc1. The average molecular weight is 209 g/mol. The predicted molar refractivity (Wildman–Crippen MR) is 63.8 cm³/mol. The topological polar surface area (TPSA) is 29.9 Å². The van der Waals surface area contributed by atoms with Crippen LogP contribution in [0.3, 0.4) is 0 Å². The first-order valence-corrected chi connectivity index (χ1v) is 5.87. The average Bonchev–Trinajstić information content (AvgIpc) is 2.67. The van der Waals surface area contributed by atoms with Crippen molar-refractivity contribution < 1.29 is 0 Å². The van der Waals surface area contributed by atoms with Gasteiger partial charge in [0.1, 0.15) is 0 Å². The Labute approximate surface area is 92.9 Å². The summed E-state index contributed by atoms with van der Waals surface area (Å²) in [6.45, 7) is 8.84. The summed E-state index contributed by atoms with van der Waals surface area (Å²) >= 11 is 0. The van der Waals surface area contributed by atoms with Gasteiger partial charge in [0.05, 0.1) is 6.33 Å². The van der Waals surface area contributed by atoms with Gasteiger partial charge in [0, 0.05) is 31.5 Å². The largest absolute Gasteiger partial charge is 0.336 e. The van der Waals surface area contributed by atoms with Gasteiger partial charge in [-0.3, -0.25) is 0 Å². The van der Waals surface area contributed by atoms with Crippen molar-refractivity contribution in [2.45, 2.75) is 46.2 Å². The molecule has 0 radical (unpaired) electrons. The van der Waals surface area contributed by atoms with Crippen molar-refractivity contribution in [3.63, 3.8) is 0 Å². The monoisotopic (exact) mass is 209 g/mol. The molecule has 15 heavy (non-hydrogen) atoms. The molecule has 3 nitrogen and oxygen atoms in total. The molecule has 1 N–H and O–H groups in total. The molecule has 1 unspecified atom stereocenters. The smallest absolute Gasteiger partial charge is 0.0946 e. The number of aromatic nitrogens is 2. The van der Waals surface area contributed by atoms with E-state index >= 15 is 0 Å². The quantitative estimate of drug-likeness (QED) is 0.746. The molecule has 0 fully saturated rings. The van der Waals surface area contributed by atoms with Crippen molar-refractivity contribution in [2.75, 3.05) is 6.54 Å². The zero-order valence-corrected chi connectivity index (χ0v) is 10.1. The fourth-order valence-corrected chi connectivity index (χ4v) is 1.54. The van der Waals surface area contributed by atoms with Crippen molar-refractivity contribution in [3.8, 4) is 0 Å². The maximum Gasteiger partial charge on any atom is 0.0946 e. The van der Waals surface area contributed by atoms with Crippen LogP contribution >= 0.6 is 0 Å². The zero-order chi connectivity index (χ0) is 11.1. The molecule has 0 aliphatic rings. The second-order valence-corrected chi connectivity index (χ2v) is 4.63. The first-order valence-electron chi connectivity index (χ1n) is 5.87. The summed E-state index contributed by atoms with van der Waals surface area (Å²) in [6.07, 6.45) is 8.25. The number of hydrogen-bond donors (Lipinski definition) is 1. The van der Waals surface area contributed by atoms with E-state index in [1.54, 1.807) is 0 Å². The first kappa shape index (κ1) is 12.2. The van der Waals surface area contributed by atoms with Gasteiger partial charge in [0.15, 0.2) is 0 Å². The van der Waals surface area contributed by atoms with Gasteiger partial charge >= 0.3 is 0 Å². The van der Waals surface area contributed by atoms with Crippen LogP contribution in [0, 0.1) is 5.92 Å². The Kier molecular flexibility index (Phi) is 5.40. The summed E-state index contributed by atoms with van der Waals surface area (Å²) in [5.41, 5.74) is 0. The molecule has 0 aliphatic heterocycles. The highest BCUT2D eigenvalue weighted by atomic mass is 15.0. The van der Waals surface area contributed by atoms with Crippen LogP contribution in [0.25, 0.3) is 0 Å². The first-order chi connectivity index (χ1) is 7.18. The lowest BCUT2D eigenvalue weighted by molar-refractivity contribution is 0.441. The summed E-state index contributed by atoms with van der Waals surface area (Å²) in [7, 11) is 0. The molecule has 0 aliphatic carbocycles. The molecule has 1 rings (SSSR count). The molecule has 1 atom stereocenters. The fourth-order valence-electron chi connectivity index (χ4n) is 1.54. The minimum absolute atomic E-state index is 0.621. The van der Waals surface area contributed by atoms with E-state index in [9.17, 15) is 0 Å². The molecule has 0 amide bonds. The van der Waals surface area contributed by atoms with Crippen LogP contribution in [-0.2, 0) is 6.54 Å². The third-order valence-corrected chi connectivity index (χ3v) is 2.60. The standard InChI is InChI=1S/C12H23N3/c1-11(2)4-5-12(3)14-7-9-15-8-6-13-10-15/h6,8,10-12,14H,4-5,7,9H2,1-3H3. The molecule has 0 bridgehead atoms. The molecule has 1 aromatic rings. The number of rotatable bonds is 7. The molecule has 0 aromatic carbocycles. The fraction of sp³-hybridized carbons (Fsp3) is 0.750. The highest BCUT2D eigenvalue weighted by molar-refractivity contribution is 4.74. The lowest BCUT2D eigenvalue weighted by Crippen LogP contribution is -2.29. The van der Waals surface area contributed by atoms with Gasteiger partial charge in [-0.2, -0.15) is 0 Å². The van der Waals surface area contributed by atoms with E-state index in [-0.39, 0.29) is 0 Å². The summed E-state index contributed by atoms with van der Waals surface area (Å²) in [6, 6.07) is 0.621. The van der Waals surface area contributed by atoms with Crippen molar-refractivity contribution in [2.24, 2.45) is 5.92 Å². The van der Waals surface area contributed by atoms with Crippen LogP contribution < -0.4 is 5.32 Å². The van der Waals surface area contributed by atoms with Crippen LogP contribution in [-0.4, -0.2) is 22.1 Å². The molecular formula is C12H23N3. The Morgan fingerprint density at radius 1 is 1.27 bits per heavy atom. The van der Waals surface area contributed by atoms with E-state index in [1.165, 1.54) is 12.8 Å². The summed E-state index contributed by atoms with van der Waals surface area (Å²) < 4.78 is 2.10. The maximum atomic E-state index is 4.01. The Bertz CT molecular complexity index is 241. The Balaban J connectivity index is 2.04. The number of nitrogens with one attached hydrogen (secondary N) is 1. The van der Waals surface area contributed by atoms with Crippen LogP contribution in [0.2, 0.25) is 0 Å². The van der Waals surface area contributed by atoms with Gasteiger partial charge in [-0.1, -0.05) is 13.8 Å². The zero-order valence-electron chi connectivity index (χ0n) is 10.1. The number of hydrogen-bond acceptors (Lipinski definition) is 2. The van der Waals surface area contributed by atoms with Crippen molar-refractivity contribution >= 4 is 0 Å². The van der Waals surface area contributed by atoms with Crippen LogP contribution in [0.5, 0.6) is 0 Å². The maximum absolute atomic E-state index is 4.01. The predicted octanol–water partition coefficient (Wildman–Crippen LogP) is 2.30. The molecular weight excluding hydrogens is 186 g/mol. The van der Waals surface area contributed by atoms with Crippen LogP contribution in [0.4, 0.5) is 0 Å². The van der Waals surface area contributed by atoms with E-state index < -0.39 is 0 Å². The number of imidazole rings is 1. The third kappa shape index (κ3) is 5.57. The van der Waals surface area contributed by atoms with Gasteiger partial charge in [-0.15, -0.1) is 0 Å². The summed E-state index contributed by atoms with van der Waals surface area (Å²) in [5.74, 6) is 0.808. The minimum Gasteiger partial charge on any atom is -0.336 e. The molecule has 0 saturated heterocycles. The van der Waals surface area contributed by atoms with Crippen molar-refractivity contribution in [3.05, 3.63) is 18.7 Å². The lowest BCUT2D eigenvalue weighted by Gasteiger charge is -2.15. The van der Waals surface area contributed by atoms with Gasteiger partial charge in [0.2, 0.25) is 0 Å². The molecule has 0 spiro atoms. The third-order valence-electron chi connectivity index (χ3n) is 2.60. The number of nitrogens with zero attached hydrogens (tertiary/aromatic N) is 2. The minimum atomic E-state index is 0.621. The van der Waals surface area contributed by atoms with E-state index in [0.717, 1.165) is 19.0 Å². The Morgan fingerprint density at radius 3 is 2.67 bits per heavy atom. The van der Waals surface area contributed by atoms with Crippen molar-refractivity contribution in [1.82, 2.24) is 14.9 Å². The van der Waals surface area contributed by atoms with Gasteiger partial charge < -0.3 is 9.88 Å². The lowest BCUT2D eigenvalue weighted by atomic mass is 10.0. The van der Waals surface area contributed by atoms with E-state index in [1.807, 2.05) is 18.7 Å². The summed E-state index contributed by atoms with van der Waals surface area (Å²) in [5, 5.41) is 3.53. The van der Waals surface area contributed by atoms with Gasteiger partial charge in [-0.25, -0.2) is 4.98 Å². The van der Waals surface area contributed by atoms with Crippen LogP contribution in [0.15, 0.2) is 18.7 Å². The molecule has 1 aromatic heterocycles. The Hall–Kier alpha value is -0.830. The molecule has 1 heterocycles. The second-order valence-electron chi connectivity index (χ2n) is 4.63. The van der Waals surface area contributed by atoms with Gasteiger partial charge in [-0.05, 0) is 25.7 Å². The van der Waals surface area contributed by atoms with E-state index in [4.69, 9.17) is 0 Å². The summed E-state index contributed by atoms with van der Waals surface area (Å²) in [4.78, 5) is 4.01. The Morgan fingerprint density at radius 2 is 2.07 bits per heavy atom. The van der Waals surface area contributed by atoms with Crippen LogP contribution in [0.1, 0.15) is 33.6 Å². The van der Waals surface area contributed by atoms with E-state index in [2.05, 4.69) is 35.6 Å². The molecule has 86 valence electrons. The second kappa shape index (κ2) is 6.62. The molecule has 0 saturated carbocycles. The molecule has 3 heteroatoms.